The number of aromatic hydroxyl groups is 1. The van der Waals surface area contributed by atoms with Crippen LogP contribution in [-0.4, -0.2) is 29.0 Å². The van der Waals surface area contributed by atoms with Crippen LogP contribution in [-0.2, 0) is 9.59 Å². The Labute approximate surface area is 202 Å². The lowest BCUT2D eigenvalue weighted by molar-refractivity contribution is -0.132. The van der Waals surface area contributed by atoms with Gasteiger partial charge in [0.25, 0.3) is 11.7 Å². The molecule has 3 aromatic carbocycles. The van der Waals surface area contributed by atoms with Crippen LogP contribution in [0.3, 0.4) is 0 Å². The normalized spacial score (nSPS) is 17.3. The Balaban J connectivity index is 1.98. The third kappa shape index (κ3) is 3.95. The number of amides is 1. The summed E-state index contributed by atoms with van der Waals surface area (Å²) in [6.07, 6.45) is 0. The van der Waals surface area contributed by atoms with Crippen molar-refractivity contribution < 1.29 is 33.3 Å². The van der Waals surface area contributed by atoms with E-state index in [1.165, 1.54) is 43.5 Å². The van der Waals surface area contributed by atoms with Gasteiger partial charge in [-0.3, -0.25) is 14.5 Å². The van der Waals surface area contributed by atoms with Crippen LogP contribution in [0.2, 0.25) is 10.0 Å². The van der Waals surface area contributed by atoms with Crippen molar-refractivity contribution in [1.29, 1.82) is 0 Å². The maximum Gasteiger partial charge on any atom is 0.300 e. The molecule has 174 valence electrons. The number of carbonyl (C=O) groups is 2. The number of rotatable bonds is 4. The van der Waals surface area contributed by atoms with E-state index in [0.29, 0.717) is 6.07 Å². The molecule has 4 rings (SSSR count). The molecule has 34 heavy (non-hydrogen) atoms. The van der Waals surface area contributed by atoms with Gasteiger partial charge in [0.2, 0.25) is 0 Å². The fourth-order valence-electron chi connectivity index (χ4n) is 3.78. The summed E-state index contributed by atoms with van der Waals surface area (Å²) in [7, 11) is 1.35. The fraction of sp³-hybridized carbons (Fsp3) is 0.0833. The number of anilines is 1. The van der Waals surface area contributed by atoms with Crippen molar-refractivity contribution in [3.05, 3.63) is 93.0 Å². The SMILES string of the molecule is COc1c(Cl)cc(/C(O)=C2\C(=O)C(=O)N(c3ccc(F)cc3F)C2c2ccc(O)cc2)cc1Cl. The average molecular weight is 506 g/mol. The first-order valence-corrected chi connectivity index (χ1v) is 10.5. The van der Waals surface area contributed by atoms with Gasteiger partial charge in [-0.05, 0) is 42.0 Å². The molecule has 3 aromatic rings. The summed E-state index contributed by atoms with van der Waals surface area (Å²) in [6, 6.07) is 9.23. The predicted octanol–water partition coefficient (Wildman–Crippen LogP) is 5.61. The van der Waals surface area contributed by atoms with E-state index >= 15 is 0 Å². The van der Waals surface area contributed by atoms with Crippen LogP contribution < -0.4 is 9.64 Å². The van der Waals surface area contributed by atoms with Crippen molar-refractivity contribution in [1.82, 2.24) is 0 Å². The van der Waals surface area contributed by atoms with Gasteiger partial charge in [0.15, 0.2) is 5.75 Å². The van der Waals surface area contributed by atoms with Crippen molar-refractivity contribution in [3.63, 3.8) is 0 Å². The van der Waals surface area contributed by atoms with Crippen LogP contribution in [0, 0.1) is 11.6 Å². The first-order chi connectivity index (χ1) is 16.1. The molecule has 0 aliphatic carbocycles. The predicted molar refractivity (Wildman–Crippen MR) is 122 cm³/mol. The number of hydrogen-bond acceptors (Lipinski definition) is 5. The molecule has 1 aliphatic rings. The molecule has 1 atom stereocenters. The second-order valence-electron chi connectivity index (χ2n) is 7.33. The van der Waals surface area contributed by atoms with Gasteiger partial charge in [-0.2, -0.15) is 0 Å². The molecule has 1 saturated heterocycles. The number of hydrogen-bond donors (Lipinski definition) is 2. The number of halogens is 4. The molecule has 10 heteroatoms. The van der Waals surface area contributed by atoms with Crippen molar-refractivity contribution >= 4 is 46.3 Å². The Kier molecular flexibility index (Phi) is 6.20. The molecule has 0 saturated carbocycles. The number of aliphatic hydroxyl groups is 1. The molecule has 0 bridgehead atoms. The summed E-state index contributed by atoms with van der Waals surface area (Å²) in [5.74, 6) is -4.78. The highest BCUT2D eigenvalue weighted by molar-refractivity contribution is 6.51. The van der Waals surface area contributed by atoms with E-state index in [1.807, 2.05) is 0 Å². The van der Waals surface area contributed by atoms with Gasteiger partial charge >= 0.3 is 0 Å². The molecule has 1 amide bonds. The molecule has 0 aromatic heterocycles. The lowest BCUT2D eigenvalue weighted by atomic mass is 9.95. The van der Waals surface area contributed by atoms with Crippen LogP contribution in [0.25, 0.3) is 5.76 Å². The number of carbonyl (C=O) groups excluding carboxylic acids is 2. The Bertz CT molecular complexity index is 1330. The van der Waals surface area contributed by atoms with E-state index in [1.54, 1.807) is 0 Å². The van der Waals surface area contributed by atoms with Gasteiger partial charge in [0.05, 0.1) is 34.5 Å². The summed E-state index contributed by atoms with van der Waals surface area (Å²) < 4.78 is 33.3. The van der Waals surface area contributed by atoms with E-state index < -0.39 is 35.1 Å². The van der Waals surface area contributed by atoms with Crippen molar-refractivity contribution in [2.45, 2.75) is 6.04 Å². The third-order valence-corrected chi connectivity index (χ3v) is 5.86. The van der Waals surface area contributed by atoms with Crippen molar-refractivity contribution in [2.24, 2.45) is 0 Å². The van der Waals surface area contributed by atoms with Crippen LogP contribution in [0.1, 0.15) is 17.2 Å². The minimum Gasteiger partial charge on any atom is -0.508 e. The standard InChI is InChI=1S/C24H15Cl2F2NO5/c1-34-23-15(25)8-12(9-16(23)26)21(31)19-20(11-2-5-14(30)6-3-11)29(24(33)22(19)32)18-7-4-13(27)10-17(18)28/h2-10,20,30-31H,1H3/b21-19+. The van der Waals surface area contributed by atoms with Gasteiger partial charge in [-0.25, -0.2) is 8.78 Å². The number of methoxy groups -OCH3 is 1. The second kappa shape index (κ2) is 8.96. The monoisotopic (exact) mass is 505 g/mol. The smallest absolute Gasteiger partial charge is 0.300 e. The summed E-state index contributed by atoms with van der Waals surface area (Å²) in [5, 5.41) is 20.9. The van der Waals surface area contributed by atoms with Crippen molar-refractivity contribution in [2.75, 3.05) is 12.0 Å². The van der Waals surface area contributed by atoms with E-state index in [9.17, 15) is 28.6 Å². The summed E-state index contributed by atoms with van der Waals surface area (Å²) in [5.41, 5.74) is -0.465. The van der Waals surface area contributed by atoms with Crippen LogP contribution in [0.4, 0.5) is 14.5 Å². The van der Waals surface area contributed by atoms with Crippen LogP contribution >= 0.6 is 23.2 Å². The lowest BCUT2D eigenvalue weighted by Crippen LogP contribution is -2.30. The van der Waals surface area contributed by atoms with E-state index in [-0.39, 0.29) is 43.9 Å². The van der Waals surface area contributed by atoms with E-state index in [0.717, 1.165) is 17.0 Å². The maximum absolute atomic E-state index is 14.7. The average Bonchev–Trinajstić information content (AvgIpc) is 3.04. The van der Waals surface area contributed by atoms with Gasteiger partial charge < -0.3 is 14.9 Å². The zero-order chi connectivity index (χ0) is 24.7. The second-order valence-corrected chi connectivity index (χ2v) is 8.14. The molecular formula is C24H15Cl2F2NO5. The molecule has 1 unspecified atom stereocenters. The molecular weight excluding hydrogens is 491 g/mol. The molecule has 1 aliphatic heterocycles. The van der Waals surface area contributed by atoms with Crippen LogP contribution in [0.5, 0.6) is 11.5 Å². The fourth-order valence-corrected chi connectivity index (χ4v) is 4.42. The molecule has 0 radical (unpaired) electrons. The number of phenols is 1. The Morgan fingerprint density at radius 2 is 1.62 bits per heavy atom. The summed E-state index contributed by atoms with van der Waals surface area (Å²) >= 11 is 12.3. The first kappa shape index (κ1) is 23.5. The molecule has 0 spiro atoms. The molecule has 1 fully saturated rings. The highest BCUT2D eigenvalue weighted by Crippen LogP contribution is 2.44. The molecule has 6 nitrogen and oxygen atoms in total. The van der Waals surface area contributed by atoms with Gasteiger partial charge in [-0.1, -0.05) is 35.3 Å². The minimum absolute atomic E-state index is 0.0113. The van der Waals surface area contributed by atoms with E-state index in [2.05, 4.69) is 0 Å². The number of ketones is 1. The minimum atomic E-state index is -1.31. The number of benzene rings is 3. The number of aliphatic hydroxyl groups excluding tert-OH is 1. The summed E-state index contributed by atoms with van der Waals surface area (Å²) in [4.78, 5) is 26.9. The largest absolute Gasteiger partial charge is 0.508 e. The Morgan fingerprint density at radius 3 is 2.18 bits per heavy atom. The zero-order valence-corrected chi connectivity index (χ0v) is 18.9. The number of Topliss-reactive ketones (excluding diaryl/α,β-unsaturated/α-hetero) is 1. The van der Waals surface area contributed by atoms with Crippen molar-refractivity contribution in [3.8, 4) is 11.5 Å². The quantitative estimate of drug-likeness (QED) is 0.273. The number of ether oxygens (including phenoxy) is 1. The topological polar surface area (TPSA) is 87.1 Å². The van der Waals surface area contributed by atoms with Crippen LogP contribution in [0.15, 0.2) is 60.2 Å². The third-order valence-electron chi connectivity index (χ3n) is 5.30. The summed E-state index contributed by atoms with van der Waals surface area (Å²) in [6.45, 7) is 0. The highest BCUT2D eigenvalue weighted by atomic mass is 35.5. The van der Waals surface area contributed by atoms with Gasteiger partial charge in [-0.15, -0.1) is 0 Å². The zero-order valence-electron chi connectivity index (χ0n) is 17.4. The Morgan fingerprint density at radius 1 is 1.00 bits per heavy atom. The first-order valence-electron chi connectivity index (χ1n) is 9.72. The number of phenolic OH excluding ortho intramolecular Hbond substituents is 1. The number of nitrogens with zero attached hydrogens (tertiary/aromatic N) is 1. The van der Waals surface area contributed by atoms with E-state index in [4.69, 9.17) is 27.9 Å². The maximum atomic E-state index is 14.7. The molecule has 2 N–H and O–H groups in total. The lowest BCUT2D eigenvalue weighted by Gasteiger charge is -2.26. The van der Waals surface area contributed by atoms with Gasteiger partial charge in [0.1, 0.15) is 23.1 Å². The molecule has 1 heterocycles. The highest BCUT2D eigenvalue weighted by Gasteiger charge is 2.47. The Hall–Kier alpha value is -3.62. The van der Waals surface area contributed by atoms with Gasteiger partial charge in [0, 0.05) is 11.6 Å².